The number of aliphatic hydroxyl groups excluding tert-OH is 1. The molecule has 4 atom stereocenters. The SMILES string of the molecule is CCCC[C@H](C)C[C@H](O)/C=C/[C@H]1C(=O)C=C[C@@H]1C/C=C\C/C=C/C(=O)O. The van der Waals surface area contributed by atoms with Crippen LogP contribution in [-0.2, 0) is 9.59 Å². The number of hydrogen-bond donors (Lipinski definition) is 2. The first-order chi connectivity index (χ1) is 12.4. The van der Waals surface area contributed by atoms with Crippen molar-refractivity contribution in [3.63, 3.8) is 0 Å². The minimum Gasteiger partial charge on any atom is -0.478 e. The van der Waals surface area contributed by atoms with Gasteiger partial charge in [0.1, 0.15) is 0 Å². The fourth-order valence-electron chi connectivity index (χ4n) is 3.13. The Bertz CT molecular complexity index is 556. The molecule has 0 spiro atoms. The van der Waals surface area contributed by atoms with E-state index in [2.05, 4.69) is 13.8 Å². The van der Waals surface area contributed by atoms with Gasteiger partial charge in [0.2, 0.25) is 0 Å². The number of carboxylic acid groups (broad SMARTS) is 1. The van der Waals surface area contributed by atoms with Crippen LogP contribution in [0.25, 0.3) is 0 Å². The smallest absolute Gasteiger partial charge is 0.327 e. The number of carbonyl (C=O) groups is 2. The molecule has 144 valence electrons. The van der Waals surface area contributed by atoms with Gasteiger partial charge in [0, 0.05) is 12.0 Å². The van der Waals surface area contributed by atoms with Crippen molar-refractivity contribution in [3.8, 4) is 0 Å². The average molecular weight is 360 g/mol. The number of allylic oxidation sites excluding steroid dienone is 6. The normalized spacial score (nSPS) is 22.8. The van der Waals surface area contributed by atoms with Gasteiger partial charge in [-0.15, -0.1) is 0 Å². The Morgan fingerprint density at radius 1 is 1.31 bits per heavy atom. The molecule has 26 heavy (non-hydrogen) atoms. The summed E-state index contributed by atoms with van der Waals surface area (Å²) in [4.78, 5) is 22.4. The largest absolute Gasteiger partial charge is 0.478 e. The van der Waals surface area contributed by atoms with Crippen LogP contribution in [0.3, 0.4) is 0 Å². The maximum absolute atomic E-state index is 12.1. The highest BCUT2D eigenvalue weighted by atomic mass is 16.4. The third-order valence-corrected chi connectivity index (χ3v) is 4.64. The van der Waals surface area contributed by atoms with Crippen molar-refractivity contribution < 1.29 is 19.8 Å². The Morgan fingerprint density at radius 3 is 2.77 bits per heavy atom. The molecule has 0 amide bonds. The summed E-state index contributed by atoms with van der Waals surface area (Å²) >= 11 is 0. The molecule has 1 aliphatic rings. The van der Waals surface area contributed by atoms with Crippen molar-refractivity contribution >= 4 is 11.8 Å². The van der Waals surface area contributed by atoms with Crippen molar-refractivity contribution in [1.29, 1.82) is 0 Å². The van der Waals surface area contributed by atoms with Crippen LogP contribution >= 0.6 is 0 Å². The maximum Gasteiger partial charge on any atom is 0.327 e. The van der Waals surface area contributed by atoms with Crippen LogP contribution in [0.4, 0.5) is 0 Å². The van der Waals surface area contributed by atoms with Crippen LogP contribution < -0.4 is 0 Å². The van der Waals surface area contributed by atoms with Crippen molar-refractivity contribution in [2.45, 2.75) is 58.5 Å². The van der Waals surface area contributed by atoms with E-state index in [1.807, 2.05) is 24.3 Å². The molecule has 0 radical (unpaired) electrons. The van der Waals surface area contributed by atoms with Crippen molar-refractivity contribution in [2.75, 3.05) is 0 Å². The second kappa shape index (κ2) is 12.4. The quantitative estimate of drug-likeness (QED) is 0.398. The first-order valence-corrected chi connectivity index (χ1v) is 9.56. The predicted octanol–water partition coefficient (Wildman–Crippen LogP) is 4.47. The Labute approximate surface area is 157 Å². The molecule has 0 aromatic rings. The number of hydrogen-bond acceptors (Lipinski definition) is 3. The predicted molar refractivity (Wildman–Crippen MR) is 105 cm³/mol. The zero-order valence-corrected chi connectivity index (χ0v) is 15.9. The minimum absolute atomic E-state index is 0.0802. The van der Waals surface area contributed by atoms with Crippen LogP contribution in [0, 0.1) is 17.8 Å². The summed E-state index contributed by atoms with van der Waals surface area (Å²) in [5, 5.41) is 18.7. The van der Waals surface area contributed by atoms with Crippen LogP contribution in [0.5, 0.6) is 0 Å². The second-order valence-electron chi connectivity index (χ2n) is 7.07. The van der Waals surface area contributed by atoms with E-state index < -0.39 is 12.1 Å². The summed E-state index contributed by atoms with van der Waals surface area (Å²) in [6, 6.07) is 0. The number of carboxylic acids is 1. The number of ketones is 1. The summed E-state index contributed by atoms with van der Waals surface area (Å²) < 4.78 is 0. The van der Waals surface area contributed by atoms with Gasteiger partial charge in [-0.25, -0.2) is 4.79 Å². The number of aliphatic hydroxyl groups is 1. The van der Waals surface area contributed by atoms with E-state index in [1.165, 1.54) is 12.8 Å². The average Bonchev–Trinajstić information content (AvgIpc) is 2.94. The van der Waals surface area contributed by atoms with Crippen LogP contribution in [-0.4, -0.2) is 28.1 Å². The summed E-state index contributed by atoms with van der Waals surface area (Å²) in [5.74, 6) is -0.505. The zero-order chi connectivity index (χ0) is 19.4. The molecular weight excluding hydrogens is 328 g/mol. The Morgan fingerprint density at radius 2 is 2.08 bits per heavy atom. The van der Waals surface area contributed by atoms with Gasteiger partial charge in [0.15, 0.2) is 5.78 Å². The lowest BCUT2D eigenvalue weighted by molar-refractivity contribution is -0.131. The molecule has 0 aliphatic heterocycles. The molecule has 2 N–H and O–H groups in total. The summed E-state index contributed by atoms with van der Waals surface area (Å²) in [6.07, 6.45) is 18.7. The number of aliphatic carboxylic acids is 1. The van der Waals surface area contributed by atoms with Gasteiger partial charge in [0.05, 0.1) is 6.10 Å². The van der Waals surface area contributed by atoms with Crippen molar-refractivity contribution in [2.24, 2.45) is 17.8 Å². The van der Waals surface area contributed by atoms with Crippen LogP contribution in [0.2, 0.25) is 0 Å². The lowest BCUT2D eigenvalue weighted by atomic mass is 9.90. The minimum atomic E-state index is -0.949. The van der Waals surface area contributed by atoms with E-state index in [0.29, 0.717) is 12.3 Å². The van der Waals surface area contributed by atoms with Gasteiger partial charge in [-0.3, -0.25) is 4.79 Å². The number of unbranched alkanes of at least 4 members (excludes halogenated alkanes) is 1. The molecule has 0 saturated heterocycles. The van der Waals surface area contributed by atoms with Gasteiger partial charge in [-0.1, -0.05) is 69.6 Å². The second-order valence-corrected chi connectivity index (χ2v) is 7.07. The van der Waals surface area contributed by atoms with E-state index in [4.69, 9.17) is 5.11 Å². The Kier molecular flexibility index (Phi) is 10.6. The first kappa shape index (κ1) is 22.1. The van der Waals surface area contributed by atoms with E-state index in [9.17, 15) is 14.7 Å². The molecule has 0 bridgehead atoms. The van der Waals surface area contributed by atoms with Crippen LogP contribution in [0.15, 0.2) is 48.6 Å². The van der Waals surface area contributed by atoms with E-state index in [0.717, 1.165) is 25.3 Å². The maximum atomic E-state index is 12.1. The molecule has 0 aromatic carbocycles. The summed E-state index contributed by atoms with van der Waals surface area (Å²) in [7, 11) is 0. The molecule has 0 unspecified atom stereocenters. The summed E-state index contributed by atoms with van der Waals surface area (Å²) in [6.45, 7) is 4.32. The van der Waals surface area contributed by atoms with Gasteiger partial charge in [-0.05, 0) is 37.2 Å². The lowest BCUT2D eigenvalue weighted by Gasteiger charge is -2.15. The standard InChI is InChI=1S/C22H32O4/c1-3-4-9-17(2)16-19(23)13-14-20-18(12-15-21(20)24)10-7-5-6-8-11-22(25)26/h5,7-8,11-15,17-20,23H,3-4,6,9-10,16H2,1-2H3,(H,25,26)/b7-5-,11-8+,14-13+/t17-,18-,19+,20+/m0/s1. The highest BCUT2D eigenvalue weighted by molar-refractivity contribution is 5.95. The molecule has 0 heterocycles. The van der Waals surface area contributed by atoms with Crippen molar-refractivity contribution in [3.05, 3.63) is 48.6 Å². The van der Waals surface area contributed by atoms with Gasteiger partial charge in [0.25, 0.3) is 0 Å². The molecule has 0 saturated carbocycles. The Balaban J connectivity index is 2.46. The fraction of sp³-hybridized carbons (Fsp3) is 0.545. The Hall–Kier alpha value is -1.94. The van der Waals surface area contributed by atoms with Gasteiger partial charge in [-0.2, -0.15) is 0 Å². The number of carbonyl (C=O) groups excluding carboxylic acids is 1. The fourth-order valence-corrected chi connectivity index (χ4v) is 3.13. The number of rotatable bonds is 12. The molecule has 0 fully saturated rings. The molecule has 1 aliphatic carbocycles. The van der Waals surface area contributed by atoms with Gasteiger partial charge < -0.3 is 10.2 Å². The third kappa shape index (κ3) is 8.95. The highest BCUT2D eigenvalue weighted by Crippen LogP contribution is 2.27. The summed E-state index contributed by atoms with van der Waals surface area (Å²) in [5.41, 5.74) is 0. The van der Waals surface area contributed by atoms with Crippen molar-refractivity contribution in [1.82, 2.24) is 0 Å². The molecule has 4 nitrogen and oxygen atoms in total. The lowest BCUT2D eigenvalue weighted by Crippen LogP contribution is -2.15. The highest BCUT2D eigenvalue weighted by Gasteiger charge is 2.26. The first-order valence-electron chi connectivity index (χ1n) is 9.56. The molecular formula is C22H32O4. The van der Waals surface area contributed by atoms with Gasteiger partial charge >= 0.3 is 5.97 Å². The molecule has 1 rings (SSSR count). The van der Waals surface area contributed by atoms with E-state index in [1.54, 1.807) is 18.2 Å². The zero-order valence-electron chi connectivity index (χ0n) is 15.9. The molecule has 4 heteroatoms. The third-order valence-electron chi connectivity index (χ3n) is 4.64. The monoisotopic (exact) mass is 360 g/mol. The topological polar surface area (TPSA) is 74.6 Å². The molecule has 0 aromatic heterocycles. The van der Waals surface area contributed by atoms with E-state index in [-0.39, 0.29) is 17.6 Å². The van der Waals surface area contributed by atoms with E-state index >= 15 is 0 Å². The van der Waals surface area contributed by atoms with Crippen LogP contribution in [0.1, 0.15) is 52.4 Å².